The Bertz CT molecular complexity index is 3900. The molecule has 0 amide bonds. The van der Waals surface area contributed by atoms with Gasteiger partial charge in [0, 0.05) is 49.0 Å². The lowest BCUT2D eigenvalue weighted by atomic mass is 9.93. The number of furan rings is 1. The van der Waals surface area contributed by atoms with Crippen LogP contribution < -0.4 is 0 Å². The zero-order chi connectivity index (χ0) is 41.4. The van der Waals surface area contributed by atoms with E-state index in [9.17, 15) is 0 Å². The molecule has 0 saturated carbocycles. The molecule has 0 aliphatic heterocycles. The molecule has 4 heterocycles. The summed E-state index contributed by atoms with van der Waals surface area (Å²) in [5.74, 6) is 1.67. The lowest BCUT2D eigenvalue weighted by molar-refractivity contribution is 0.669. The summed E-state index contributed by atoms with van der Waals surface area (Å²) >= 11 is 0. The first kappa shape index (κ1) is 35.2. The van der Waals surface area contributed by atoms with Crippen molar-refractivity contribution in [3.8, 4) is 56.7 Å². The Morgan fingerprint density at radius 3 is 1.56 bits per heavy atom. The topological polar surface area (TPSA) is 61.7 Å². The number of hydrogen-bond donors (Lipinski definition) is 0. The van der Waals surface area contributed by atoms with Crippen molar-refractivity contribution in [2.45, 2.75) is 0 Å². The molecule has 13 rings (SSSR count). The second-order valence-corrected chi connectivity index (χ2v) is 16.0. The average molecular weight is 806 g/mol. The molecule has 0 fully saturated rings. The summed E-state index contributed by atoms with van der Waals surface area (Å²) in [5.41, 5.74) is 13.3. The van der Waals surface area contributed by atoms with E-state index in [0.29, 0.717) is 17.6 Å². The van der Waals surface area contributed by atoms with Crippen LogP contribution >= 0.6 is 0 Å². The maximum Gasteiger partial charge on any atom is 0.238 e. The molecule has 4 aromatic heterocycles. The number of hydrogen-bond acceptors (Lipinski definition) is 4. The molecule has 0 bridgehead atoms. The molecule has 0 atom stereocenters. The van der Waals surface area contributed by atoms with Gasteiger partial charge in [0.1, 0.15) is 11.2 Å². The second-order valence-electron chi connectivity index (χ2n) is 16.0. The minimum atomic E-state index is 0.528. The second kappa shape index (κ2) is 14.0. The Kier molecular flexibility index (Phi) is 7.80. The van der Waals surface area contributed by atoms with E-state index < -0.39 is 0 Å². The molecule has 0 saturated heterocycles. The third-order valence-corrected chi connectivity index (χ3v) is 12.4. The van der Waals surface area contributed by atoms with E-state index in [1.807, 2.05) is 36.4 Å². The molecule has 0 aliphatic rings. The molecule has 6 heteroatoms. The van der Waals surface area contributed by atoms with Crippen LogP contribution in [0.1, 0.15) is 0 Å². The highest BCUT2D eigenvalue weighted by molar-refractivity contribution is 6.24. The third-order valence-electron chi connectivity index (χ3n) is 12.4. The SMILES string of the molecule is c1ccc(-c2nc(-c3ccc4c(c3)oc3ccccc34)nc(-n3c4ccccc4c4ccc5c6ccccc6n(-c6cccc(-c7ccccc7)c6-c6ccccc6)c5c43)n2)cc1. The first-order chi connectivity index (χ1) is 31.3. The highest BCUT2D eigenvalue weighted by atomic mass is 16.3. The first-order valence-corrected chi connectivity index (χ1v) is 21.2. The summed E-state index contributed by atoms with van der Waals surface area (Å²) in [4.78, 5) is 15.9. The largest absolute Gasteiger partial charge is 0.456 e. The molecule has 294 valence electrons. The normalized spacial score (nSPS) is 11.8. The van der Waals surface area contributed by atoms with Crippen LogP contribution in [0.3, 0.4) is 0 Å². The zero-order valence-electron chi connectivity index (χ0n) is 33.9. The summed E-state index contributed by atoms with van der Waals surface area (Å²) < 4.78 is 11.1. The van der Waals surface area contributed by atoms with Crippen molar-refractivity contribution in [2.24, 2.45) is 0 Å². The van der Waals surface area contributed by atoms with Gasteiger partial charge in [0.15, 0.2) is 11.6 Å². The van der Waals surface area contributed by atoms with E-state index in [4.69, 9.17) is 19.4 Å². The van der Waals surface area contributed by atoms with Crippen molar-refractivity contribution >= 4 is 65.6 Å². The van der Waals surface area contributed by atoms with Crippen molar-refractivity contribution in [1.82, 2.24) is 24.1 Å². The quantitative estimate of drug-likeness (QED) is 0.168. The summed E-state index contributed by atoms with van der Waals surface area (Å²) in [6.45, 7) is 0. The zero-order valence-corrected chi connectivity index (χ0v) is 33.9. The van der Waals surface area contributed by atoms with Crippen LogP contribution in [0.4, 0.5) is 0 Å². The number of rotatable bonds is 6. The molecule has 0 unspecified atom stereocenters. The minimum Gasteiger partial charge on any atom is -0.456 e. The van der Waals surface area contributed by atoms with E-state index in [-0.39, 0.29) is 0 Å². The van der Waals surface area contributed by atoms with Gasteiger partial charge in [-0.25, -0.2) is 4.98 Å². The van der Waals surface area contributed by atoms with Crippen LogP contribution in [0.25, 0.3) is 122 Å². The Morgan fingerprint density at radius 1 is 0.333 bits per heavy atom. The van der Waals surface area contributed by atoms with Gasteiger partial charge in [-0.1, -0.05) is 176 Å². The standard InChI is InChI=1S/C57H35N5O/c1-4-17-36(18-5-1)40-26-16-29-49(52(40)37-19-6-2-7-20-37)61-47-27-13-10-23-41(47)45-33-34-46-42-24-11-14-28-48(42)62(54(46)53(45)61)57-59-55(38-21-8-3-9-22-38)58-56(60-57)39-31-32-44-43-25-12-15-30-50(43)63-51(44)35-39/h1-35H. The van der Waals surface area contributed by atoms with Crippen LogP contribution in [-0.2, 0) is 0 Å². The van der Waals surface area contributed by atoms with Gasteiger partial charge in [0.2, 0.25) is 5.95 Å². The number of nitrogens with zero attached hydrogens (tertiary/aromatic N) is 5. The summed E-state index contributed by atoms with van der Waals surface area (Å²) in [6, 6.07) is 74.6. The predicted octanol–water partition coefficient (Wildman–Crippen LogP) is 14.6. The minimum absolute atomic E-state index is 0.528. The maximum atomic E-state index is 6.38. The number of para-hydroxylation sites is 3. The van der Waals surface area contributed by atoms with Gasteiger partial charge >= 0.3 is 0 Å². The lowest BCUT2D eigenvalue weighted by Gasteiger charge is -2.19. The van der Waals surface area contributed by atoms with E-state index in [1.54, 1.807) is 0 Å². The fraction of sp³-hybridized carbons (Fsp3) is 0. The molecule has 0 radical (unpaired) electrons. The summed E-state index contributed by atoms with van der Waals surface area (Å²) in [6.07, 6.45) is 0. The first-order valence-electron chi connectivity index (χ1n) is 21.2. The van der Waals surface area contributed by atoms with Crippen LogP contribution in [0.2, 0.25) is 0 Å². The molecule has 13 aromatic rings. The monoisotopic (exact) mass is 805 g/mol. The molecule has 0 N–H and O–H groups in total. The van der Waals surface area contributed by atoms with Gasteiger partial charge in [-0.05, 0) is 53.1 Å². The van der Waals surface area contributed by atoms with Crippen molar-refractivity contribution in [1.29, 1.82) is 0 Å². The van der Waals surface area contributed by atoms with Gasteiger partial charge in [0.05, 0.1) is 27.8 Å². The maximum absolute atomic E-state index is 6.38. The Labute approximate surface area is 361 Å². The van der Waals surface area contributed by atoms with Crippen LogP contribution in [0, 0.1) is 0 Å². The van der Waals surface area contributed by atoms with Crippen molar-refractivity contribution in [3.63, 3.8) is 0 Å². The number of benzene rings is 9. The van der Waals surface area contributed by atoms with Crippen LogP contribution in [-0.4, -0.2) is 24.1 Å². The lowest BCUT2D eigenvalue weighted by Crippen LogP contribution is -2.07. The van der Waals surface area contributed by atoms with Gasteiger partial charge in [-0.15, -0.1) is 0 Å². The highest BCUT2D eigenvalue weighted by Crippen LogP contribution is 2.45. The molecule has 0 spiro atoms. The molecular formula is C57H35N5O. The van der Waals surface area contributed by atoms with Crippen molar-refractivity contribution < 1.29 is 4.42 Å². The Balaban J connectivity index is 1.16. The smallest absolute Gasteiger partial charge is 0.238 e. The molecule has 6 nitrogen and oxygen atoms in total. The molecule has 0 aliphatic carbocycles. The fourth-order valence-corrected chi connectivity index (χ4v) is 9.63. The van der Waals surface area contributed by atoms with Crippen molar-refractivity contribution in [3.05, 3.63) is 212 Å². The Morgan fingerprint density at radius 2 is 0.857 bits per heavy atom. The molecule has 63 heavy (non-hydrogen) atoms. The van der Waals surface area contributed by atoms with E-state index in [2.05, 4.69) is 185 Å². The van der Waals surface area contributed by atoms with Gasteiger partial charge < -0.3 is 8.98 Å². The summed E-state index contributed by atoms with van der Waals surface area (Å²) in [7, 11) is 0. The third kappa shape index (κ3) is 5.48. The van der Waals surface area contributed by atoms with E-state index >= 15 is 0 Å². The van der Waals surface area contributed by atoms with Gasteiger partial charge in [0.25, 0.3) is 0 Å². The fourth-order valence-electron chi connectivity index (χ4n) is 9.63. The summed E-state index contributed by atoms with van der Waals surface area (Å²) in [5, 5.41) is 6.65. The molecule has 9 aromatic carbocycles. The van der Waals surface area contributed by atoms with Gasteiger partial charge in [-0.3, -0.25) is 4.57 Å². The van der Waals surface area contributed by atoms with E-state index in [1.165, 1.54) is 0 Å². The van der Waals surface area contributed by atoms with Crippen LogP contribution in [0.5, 0.6) is 0 Å². The Hall–Kier alpha value is -8.61. The van der Waals surface area contributed by atoms with Crippen molar-refractivity contribution in [2.75, 3.05) is 0 Å². The number of aromatic nitrogens is 5. The average Bonchev–Trinajstić information content (AvgIpc) is 4.02. The predicted molar refractivity (Wildman–Crippen MR) is 258 cm³/mol. The molecular weight excluding hydrogens is 771 g/mol. The van der Waals surface area contributed by atoms with Crippen LogP contribution in [0.15, 0.2) is 217 Å². The van der Waals surface area contributed by atoms with E-state index in [0.717, 1.165) is 105 Å². The van der Waals surface area contributed by atoms with Gasteiger partial charge in [-0.2, -0.15) is 9.97 Å². The number of fused-ring (bicyclic) bond motifs is 10. The highest BCUT2D eigenvalue weighted by Gasteiger charge is 2.25.